The molecule has 0 bridgehead atoms. The Kier molecular flexibility index (Phi) is 3.48. The normalized spacial score (nSPS) is 13.3. The van der Waals surface area contributed by atoms with E-state index >= 15 is 0 Å². The Balaban J connectivity index is 2.53. The van der Waals surface area contributed by atoms with E-state index in [1.807, 2.05) is 0 Å². The van der Waals surface area contributed by atoms with Crippen LogP contribution in [0.3, 0.4) is 0 Å². The third-order valence-corrected chi connectivity index (χ3v) is 2.40. The van der Waals surface area contributed by atoms with Crippen LogP contribution < -0.4 is 0 Å². The summed E-state index contributed by atoms with van der Waals surface area (Å²) in [6, 6.07) is 0. The van der Waals surface area contributed by atoms with Crippen molar-refractivity contribution in [3.05, 3.63) is 24.3 Å². The zero-order chi connectivity index (χ0) is 8.97. The Bertz CT molecular complexity index is 223. The van der Waals surface area contributed by atoms with Crippen molar-refractivity contribution in [1.82, 2.24) is 9.97 Å². The van der Waals surface area contributed by atoms with Gasteiger partial charge in [-0.3, -0.25) is 9.97 Å². The lowest BCUT2D eigenvalue weighted by molar-refractivity contribution is 0.590. The van der Waals surface area contributed by atoms with Gasteiger partial charge in [-0.1, -0.05) is 13.8 Å². The van der Waals surface area contributed by atoms with Crippen molar-refractivity contribution in [3.63, 3.8) is 0 Å². The molecule has 0 aromatic carbocycles. The summed E-state index contributed by atoms with van der Waals surface area (Å²) in [5.41, 5.74) is 0.964. The Labute approximate surface area is 78.0 Å². The first-order valence-electron chi connectivity index (χ1n) is 4.09. The summed E-state index contributed by atoms with van der Waals surface area (Å²) < 4.78 is 0. The molecule has 0 radical (unpaired) electrons. The molecule has 0 aliphatic rings. The minimum absolute atomic E-state index is 0.154. The van der Waals surface area contributed by atoms with Crippen LogP contribution in [0.25, 0.3) is 0 Å². The quantitative estimate of drug-likeness (QED) is 0.674. The van der Waals surface area contributed by atoms with Crippen molar-refractivity contribution >= 4 is 11.6 Å². The number of nitrogens with zero attached hydrogens (tertiary/aromatic N) is 2. The van der Waals surface area contributed by atoms with Crippen molar-refractivity contribution in [1.29, 1.82) is 0 Å². The van der Waals surface area contributed by atoms with Crippen LogP contribution in [0.2, 0.25) is 0 Å². The number of hydrogen-bond acceptors (Lipinski definition) is 2. The maximum atomic E-state index is 6.08. The molecular weight excluding hydrogens is 172 g/mol. The van der Waals surface area contributed by atoms with Gasteiger partial charge in [0, 0.05) is 30.4 Å². The zero-order valence-corrected chi connectivity index (χ0v) is 8.12. The second-order valence-electron chi connectivity index (χ2n) is 3.16. The lowest BCUT2D eigenvalue weighted by Crippen LogP contribution is -2.12. The number of halogens is 1. The van der Waals surface area contributed by atoms with Crippen LogP contribution >= 0.6 is 11.6 Å². The third kappa shape index (κ3) is 2.78. The smallest absolute Gasteiger partial charge is 0.0601 e. The van der Waals surface area contributed by atoms with Gasteiger partial charge in [0.2, 0.25) is 0 Å². The van der Waals surface area contributed by atoms with Gasteiger partial charge in [0.05, 0.1) is 5.69 Å². The highest BCUT2D eigenvalue weighted by molar-refractivity contribution is 6.20. The molecule has 1 heterocycles. The predicted molar refractivity (Wildman–Crippen MR) is 50.2 cm³/mol. The van der Waals surface area contributed by atoms with Gasteiger partial charge in [-0.05, 0) is 5.92 Å². The third-order valence-electron chi connectivity index (χ3n) is 1.74. The molecule has 2 nitrogen and oxygen atoms in total. The second-order valence-corrected chi connectivity index (χ2v) is 3.72. The van der Waals surface area contributed by atoms with Crippen LogP contribution in [0.5, 0.6) is 0 Å². The lowest BCUT2D eigenvalue weighted by atomic mass is 10.1. The molecule has 0 saturated carbocycles. The molecule has 1 aromatic heterocycles. The molecule has 1 unspecified atom stereocenters. The van der Waals surface area contributed by atoms with E-state index in [9.17, 15) is 0 Å². The fourth-order valence-corrected chi connectivity index (χ4v) is 1.03. The van der Waals surface area contributed by atoms with Crippen LogP contribution in [0.1, 0.15) is 19.5 Å². The molecule has 0 saturated heterocycles. The predicted octanol–water partition coefficient (Wildman–Crippen LogP) is 2.28. The van der Waals surface area contributed by atoms with Crippen LogP contribution in [0.4, 0.5) is 0 Å². The minimum Gasteiger partial charge on any atom is -0.261 e. The van der Waals surface area contributed by atoms with Crippen molar-refractivity contribution < 1.29 is 0 Å². The fraction of sp³-hybridized carbons (Fsp3) is 0.556. The van der Waals surface area contributed by atoms with Crippen LogP contribution in [-0.2, 0) is 6.42 Å². The molecule has 66 valence electrons. The van der Waals surface area contributed by atoms with E-state index in [0.717, 1.165) is 12.1 Å². The molecule has 1 atom stereocenters. The summed E-state index contributed by atoms with van der Waals surface area (Å²) >= 11 is 6.08. The SMILES string of the molecule is CC(C)C(Cl)Cc1cnccn1. The number of aromatic nitrogens is 2. The Hall–Kier alpha value is -0.630. The summed E-state index contributed by atoms with van der Waals surface area (Å²) in [7, 11) is 0. The highest BCUT2D eigenvalue weighted by atomic mass is 35.5. The molecule has 1 rings (SSSR count). The van der Waals surface area contributed by atoms with Gasteiger partial charge in [0.25, 0.3) is 0 Å². The summed E-state index contributed by atoms with van der Waals surface area (Å²) in [5.74, 6) is 0.480. The molecule has 0 aliphatic carbocycles. The maximum Gasteiger partial charge on any atom is 0.0601 e. The van der Waals surface area contributed by atoms with Crippen LogP contribution in [0, 0.1) is 5.92 Å². The first-order valence-corrected chi connectivity index (χ1v) is 4.52. The Morgan fingerprint density at radius 3 is 2.67 bits per heavy atom. The standard InChI is InChI=1S/C9H13ClN2/c1-7(2)9(10)5-8-6-11-3-4-12-8/h3-4,6-7,9H,5H2,1-2H3. The van der Waals surface area contributed by atoms with E-state index in [4.69, 9.17) is 11.6 Å². The first kappa shape index (κ1) is 9.46. The van der Waals surface area contributed by atoms with Gasteiger partial charge >= 0.3 is 0 Å². The molecular formula is C9H13ClN2. The second kappa shape index (κ2) is 4.41. The topological polar surface area (TPSA) is 25.8 Å². The van der Waals surface area contributed by atoms with E-state index < -0.39 is 0 Å². The molecule has 12 heavy (non-hydrogen) atoms. The van der Waals surface area contributed by atoms with Crippen molar-refractivity contribution in [2.24, 2.45) is 5.92 Å². The van der Waals surface area contributed by atoms with Crippen LogP contribution in [0.15, 0.2) is 18.6 Å². The van der Waals surface area contributed by atoms with E-state index in [0.29, 0.717) is 5.92 Å². The van der Waals surface area contributed by atoms with Gasteiger partial charge in [0.15, 0.2) is 0 Å². The number of hydrogen-bond donors (Lipinski definition) is 0. The lowest BCUT2D eigenvalue weighted by Gasteiger charge is -2.11. The first-order chi connectivity index (χ1) is 5.70. The molecule has 0 aliphatic heterocycles. The summed E-state index contributed by atoms with van der Waals surface area (Å²) in [6.45, 7) is 4.21. The van der Waals surface area contributed by atoms with Crippen molar-refractivity contribution in [3.8, 4) is 0 Å². The Morgan fingerprint density at radius 1 is 1.42 bits per heavy atom. The molecule has 0 amide bonds. The van der Waals surface area contributed by atoms with E-state index in [1.165, 1.54) is 0 Å². The van der Waals surface area contributed by atoms with Gasteiger partial charge in [0.1, 0.15) is 0 Å². The molecule has 0 fully saturated rings. The average molecular weight is 185 g/mol. The summed E-state index contributed by atoms with van der Waals surface area (Å²) in [4.78, 5) is 8.13. The van der Waals surface area contributed by atoms with Crippen molar-refractivity contribution in [2.45, 2.75) is 25.6 Å². The highest BCUT2D eigenvalue weighted by Crippen LogP contribution is 2.13. The minimum atomic E-state index is 0.154. The summed E-state index contributed by atoms with van der Waals surface area (Å²) in [6.07, 6.45) is 5.92. The number of alkyl halides is 1. The van der Waals surface area contributed by atoms with Gasteiger partial charge in [-0.15, -0.1) is 11.6 Å². The summed E-state index contributed by atoms with van der Waals surface area (Å²) in [5, 5.41) is 0.154. The average Bonchev–Trinajstić information content (AvgIpc) is 2.06. The van der Waals surface area contributed by atoms with Gasteiger partial charge in [-0.25, -0.2) is 0 Å². The van der Waals surface area contributed by atoms with Gasteiger partial charge in [-0.2, -0.15) is 0 Å². The van der Waals surface area contributed by atoms with E-state index in [1.54, 1.807) is 18.6 Å². The molecule has 0 spiro atoms. The Morgan fingerprint density at radius 2 is 2.17 bits per heavy atom. The van der Waals surface area contributed by atoms with E-state index in [2.05, 4.69) is 23.8 Å². The van der Waals surface area contributed by atoms with E-state index in [-0.39, 0.29) is 5.38 Å². The monoisotopic (exact) mass is 184 g/mol. The van der Waals surface area contributed by atoms with Gasteiger partial charge < -0.3 is 0 Å². The molecule has 3 heteroatoms. The number of rotatable bonds is 3. The fourth-order valence-electron chi connectivity index (χ4n) is 0.871. The largest absolute Gasteiger partial charge is 0.261 e. The molecule has 1 aromatic rings. The molecule has 0 N–H and O–H groups in total. The zero-order valence-electron chi connectivity index (χ0n) is 7.37. The highest BCUT2D eigenvalue weighted by Gasteiger charge is 2.10. The van der Waals surface area contributed by atoms with Crippen molar-refractivity contribution in [2.75, 3.05) is 0 Å². The van der Waals surface area contributed by atoms with Crippen LogP contribution in [-0.4, -0.2) is 15.3 Å². The maximum absolute atomic E-state index is 6.08.